The lowest BCUT2D eigenvalue weighted by atomic mass is 10.3. The molecule has 6 nitrogen and oxygen atoms in total. The highest BCUT2D eigenvalue weighted by Gasteiger charge is 2.04. The van der Waals surface area contributed by atoms with Crippen LogP contribution in [0.15, 0.2) is 61.3 Å². The van der Waals surface area contributed by atoms with E-state index in [1.807, 2.05) is 47.2 Å². The summed E-state index contributed by atoms with van der Waals surface area (Å²) in [6.07, 6.45) is 6.94. The van der Waals surface area contributed by atoms with Gasteiger partial charge in [-0.25, -0.2) is 9.97 Å². The van der Waals surface area contributed by atoms with Gasteiger partial charge >= 0.3 is 0 Å². The minimum Gasteiger partial charge on any atom is -0.484 e. The van der Waals surface area contributed by atoms with E-state index in [0.29, 0.717) is 12.3 Å². The Labute approximate surface area is 153 Å². The van der Waals surface area contributed by atoms with E-state index in [4.69, 9.17) is 4.74 Å². The third kappa shape index (κ3) is 4.54. The van der Waals surface area contributed by atoms with E-state index in [1.165, 1.54) is 0 Å². The minimum atomic E-state index is -0.174. The second-order valence-corrected chi connectivity index (χ2v) is 6.26. The van der Waals surface area contributed by atoms with Crippen LogP contribution in [-0.4, -0.2) is 27.0 Å². The monoisotopic (exact) mass is 434 g/mol. The lowest BCUT2D eigenvalue weighted by Gasteiger charge is -2.08. The Morgan fingerprint density at radius 2 is 2.04 bits per heavy atom. The van der Waals surface area contributed by atoms with E-state index < -0.39 is 0 Å². The van der Waals surface area contributed by atoms with Crippen LogP contribution < -0.4 is 10.1 Å². The zero-order valence-electron chi connectivity index (χ0n) is 12.7. The molecular formula is C17H15IN4O2. The van der Waals surface area contributed by atoms with Gasteiger partial charge in [0.1, 0.15) is 17.9 Å². The van der Waals surface area contributed by atoms with Gasteiger partial charge in [0.05, 0.1) is 0 Å². The first kappa shape index (κ1) is 16.4. The van der Waals surface area contributed by atoms with Gasteiger partial charge < -0.3 is 10.1 Å². The van der Waals surface area contributed by atoms with Crippen LogP contribution >= 0.6 is 22.6 Å². The van der Waals surface area contributed by atoms with E-state index in [9.17, 15) is 4.79 Å². The summed E-state index contributed by atoms with van der Waals surface area (Å²) >= 11 is 2.22. The highest BCUT2D eigenvalue weighted by molar-refractivity contribution is 14.1. The number of ether oxygens (including phenoxy) is 1. The summed E-state index contributed by atoms with van der Waals surface area (Å²) in [7, 11) is 0. The fourth-order valence-corrected chi connectivity index (χ4v) is 2.36. The highest BCUT2D eigenvalue weighted by Crippen LogP contribution is 2.13. The third-order valence-corrected chi connectivity index (χ3v) is 3.97. The van der Waals surface area contributed by atoms with Crippen molar-refractivity contribution in [1.29, 1.82) is 0 Å². The van der Waals surface area contributed by atoms with Crippen molar-refractivity contribution in [3.05, 3.63) is 70.4 Å². The highest BCUT2D eigenvalue weighted by atomic mass is 127. The van der Waals surface area contributed by atoms with E-state index >= 15 is 0 Å². The number of aromatic nitrogens is 3. The molecule has 0 saturated carbocycles. The zero-order chi connectivity index (χ0) is 16.8. The number of hydrogen-bond acceptors (Lipinski definition) is 4. The number of imidazole rings is 1. The van der Waals surface area contributed by atoms with Crippen LogP contribution in [-0.2, 0) is 11.3 Å². The molecular weight excluding hydrogens is 419 g/mol. The molecule has 0 spiro atoms. The molecule has 7 heteroatoms. The van der Waals surface area contributed by atoms with Crippen molar-refractivity contribution in [1.82, 2.24) is 19.9 Å². The molecule has 1 N–H and O–H groups in total. The molecule has 1 amide bonds. The summed E-state index contributed by atoms with van der Waals surface area (Å²) in [5.74, 6) is 1.29. The standard InChI is InChI=1S/C17H15IN4O2/c18-14-2-4-15(5-3-14)24-11-17(23)21-10-13-1-6-16(20-9-13)22-8-7-19-12-22/h1-9,12H,10-11H2,(H,21,23). The molecule has 2 aromatic heterocycles. The van der Waals surface area contributed by atoms with Crippen LogP contribution in [0, 0.1) is 3.57 Å². The van der Waals surface area contributed by atoms with Crippen molar-refractivity contribution >= 4 is 28.5 Å². The molecule has 24 heavy (non-hydrogen) atoms. The molecule has 0 radical (unpaired) electrons. The van der Waals surface area contributed by atoms with E-state index in [0.717, 1.165) is 15.0 Å². The topological polar surface area (TPSA) is 69.0 Å². The number of nitrogens with zero attached hydrogens (tertiary/aromatic N) is 3. The Morgan fingerprint density at radius 1 is 1.21 bits per heavy atom. The second-order valence-electron chi connectivity index (χ2n) is 5.01. The molecule has 3 aromatic rings. The number of benzene rings is 1. The maximum Gasteiger partial charge on any atom is 0.258 e. The first-order chi connectivity index (χ1) is 11.7. The van der Waals surface area contributed by atoms with Crippen molar-refractivity contribution in [2.24, 2.45) is 0 Å². The number of rotatable bonds is 6. The van der Waals surface area contributed by atoms with Gasteiger partial charge in [-0.15, -0.1) is 0 Å². The summed E-state index contributed by atoms with van der Waals surface area (Å²) < 4.78 is 8.38. The Balaban J connectivity index is 1.46. The predicted octanol–water partition coefficient (Wildman–Crippen LogP) is 2.57. The van der Waals surface area contributed by atoms with Crippen LogP contribution in [0.3, 0.4) is 0 Å². The normalized spacial score (nSPS) is 10.4. The van der Waals surface area contributed by atoms with Crippen LogP contribution in [0.1, 0.15) is 5.56 Å². The first-order valence-corrected chi connectivity index (χ1v) is 8.37. The van der Waals surface area contributed by atoms with Crippen molar-refractivity contribution < 1.29 is 9.53 Å². The fraction of sp³-hybridized carbons (Fsp3) is 0.118. The van der Waals surface area contributed by atoms with Crippen molar-refractivity contribution in [3.8, 4) is 11.6 Å². The molecule has 0 atom stereocenters. The van der Waals surface area contributed by atoms with Gasteiger partial charge in [-0.3, -0.25) is 9.36 Å². The Morgan fingerprint density at radius 3 is 2.71 bits per heavy atom. The quantitative estimate of drug-likeness (QED) is 0.606. The fourth-order valence-electron chi connectivity index (χ4n) is 2.00. The maximum atomic E-state index is 11.8. The maximum absolute atomic E-state index is 11.8. The third-order valence-electron chi connectivity index (χ3n) is 3.25. The summed E-state index contributed by atoms with van der Waals surface area (Å²) in [4.78, 5) is 20.2. The molecule has 0 fully saturated rings. The van der Waals surface area contributed by atoms with Gasteiger partial charge in [-0.05, 0) is 58.5 Å². The molecule has 1 aromatic carbocycles. The number of halogens is 1. The number of carbonyl (C=O) groups is 1. The van der Waals surface area contributed by atoms with Gasteiger partial charge in [0.2, 0.25) is 0 Å². The molecule has 2 heterocycles. The average molecular weight is 434 g/mol. The lowest BCUT2D eigenvalue weighted by molar-refractivity contribution is -0.123. The lowest BCUT2D eigenvalue weighted by Crippen LogP contribution is -2.28. The Bertz CT molecular complexity index is 786. The summed E-state index contributed by atoms with van der Waals surface area (Å²) in [6.45, 7) is 0.396. The minimum absolute atomic E-state index is 0.0128. The predicted molar refractivity (Wildman–Crippen MR) is 97.9 cm³/mol. The van der Waals surface area contributed by atoms with Crippen LogP contribution in [0.25, 0.3) is 5.82 Å². The molecule has 0 bridgehead atoms. The molecule has 0 aliphatic carbocycles. The summed E-state index contributed by atoms with van der Waals surface area (Å²) in [5, 5.41) is 2.81. The van der Waals surface area contributed by atoms with Crippen LogP contribution in [0.2, 0.25) is 0 Å². The Kier molecular flexibility index (Phi) is 5.42. The molecule has 3 rings (SSSR count). The molecule has 0 aliphatic heterocycles. The number of hydrogen-bond donors (Lipinski definition) is 1. The van der Waals surface area contributed by atoms with Crippen molar-refractivity contribution in [2.75, 3.05) is 6.61 Å². The molecule has 122 valence electrons. The van der Waals surface area contributed by atoms with Crippen molar-refractivity contribution in [2.45, 2.75) is 6.54 Å². The number of nitrogens with one attached hydrogen (secondary N) is 1. The number of amides is 1. The van der Waals surface area contributed by atoms with Gasteiger partial charge in [-0.2, -0.15) is 0 Å². The Hall–Kier alpha value is -2.42. The smallest absolute Gasteiger partial charge is 0.258 e. The van der Waals surface area contributed by atoms with Crippen LogP contribution in [0.5, 0.6) is 5.75 Å². The molecule has 0 unspecified atom stereocenters. The van der Waals surface area contributed by atoms with Gasteiger partial charge in [-0.1, -0.05) is 6.07 Å². The van der Waals surface area contributed by atoms with E-state index in [-0.39, 0.29) is 12.5 Å². The second kappa shape index (κ2) is 7.91. The van der Waals surface area contributed by atoms with E-state index in [1.54, 1.807) is 18.7 Å². The van der Waals surface area contributed by atoms with Crippen molar-refractivity contribution in [3.63, 3.8) is 0 Å². The summed E-state index contributed by atoms with van der Waals surface area (Å²) in [6, 6.07) is 11.3. The van der Waals surface area contributed by atoms with Crippen LogP contribution in [0.4, 0.5) is 0 Å². The van der Waals surface area contributed by atoms with E-state index in [2.05, 4.69) is 37.9 Å². The SMILES string of the molecule is O=C(COc1ccc(I)cc1)NCc1ccc(-n2ccnc2)nc1. The summed E-state index contributed by atoms with van der Waals surface area (Å²) in [5.41, 5.74) is 0.918. The van der Waals surface area contributed by atoms with Gasteiger partial charge in [0, 0.05) is 28.7 Å². The molecule has 0 saturated heterocycles. The zero-order valence-corrected chi connectivity index (χ0v) is 14.9. The first-order valence-electron chi connectivity index (χ1n) is 7.29. The van der Waals surface area contributed by atoms with Gasteiger partial charge in [0.15, 0.2) is 6.61 Å². The largest absolute Gasteiger partial charge is 0.484 e. The average Bonchev–Trinajstić information content (AvgIpc) is 3.14. The number of carbonyl (C=O) groups excluding carboxylic acids is 1. The molecule has 0 aliphatic rings. The number of pyridine rings is 1. The van der Waals surface area contributed by atoms with Gasteiger partial charge in [0.25, 0.3) is 5.91 Å².